The lowest BCUT2D eigenvalue weighted by molar-refractivity contribution is -0.232. The first-order valence-corrected chi connectivity index (χ1v) is 10.8. The molecular weight excluding hydrogens is 382 g/mol. The van der Waals surface area contributed by atoms with E-state index in [1.54, 1.807) is 18.2 Å². The maximum atomic E-state index is 13.9. The number of carbonyl (C=O) groups excluding carboxylic acids is 1. The van der Waals surface area contributed by atoms with Gasteiger partial charge in [0.25, 0.3) is 0 Å². The number of fused-ring (bicyclic) bond motifs is 1. The average Bonchev–Trinajstić information content (AvgIpc) is 2.93. The molecule has 1 aromatic carbocycles. The number of hydrogen-bond acceptors (Lipinski definition) is 6. The number of nitrogens with zero attached hydrogens (tertiary/aromatic N) is 3. The van der Waals surface area contributed by atoms with Gasteiger partial charge in [0.05, 0.1) is 17.5 Å². The molecule has 2 aliphatic rings. The largest absolute Gasteiger partial charge is 0.364 e. The minimum atomic E-state index is -4.06. The smallest absolute Gasteiger partial charge is 0.189 e. The van der Waals surface area contributed by atoms with Crippen LogP contribution in [0.5, 0.6) is 0 Å². The highest BCUT2D eigenvalue weighted by Gasteiger charge is 2.71. The van der Waals surface area contributed by atoms with Crippen molar-refractivity contribution < 1.29 is 23.1 Å². The van der Waals surface area contributed by atoms with Crippen LogP contribution >= 0.6 is 0 Å². The molecule has 1 aliphatic carbocycles. The number of hydrogen-bond donors (Lipinski definition) is 1. The fourth-order valence-electron chi connectivity index (χ4n) is 5.03. The second-order valence-corrected chi connectivity index (χ2v) is 10.2. The van der Waals surface area contributed by atoms with Gasteiger partial charge in [-0.3, -0.25) is 0 Å². The van der Waals surface area contributed by atoms with Gasteiger partial charge >= 0.3 is 0 Å². The lowest BCUT2D eigenvalue weighted by Crippen LogP contribution is -2.64. The maximum absolute atomic E-state index is 13.9. The van der Waals surface area contributed by atoms with Crippen molar-refractivity contribution in [1.82, 2.24) is 0 Å². The van der Waals surface area contributed by atoms with E-state index in [9.17, 15) is 18.3 Å². The quantitative estimate of drug-likeness (QED) is 0.440. The number of benzene rings is 1. The standard InChI is InChI=1S/C19H25N3O5S/c1-13-8-15(9-14(2)23)18(28(25,26)17-6-4-3-5-7-17)11-16(12-21-22-20)27-19(18,24)10-13/h3-7,13,15-16,24H,8-12H2,1-2H3/t13?,15?,16-,18?,19?/m1/s1. The maximum Gasteiger partial charge on any atom is 0.189 e. The van der Waals surface area contributed by atoms with Crippen molar-refractivity contribution in [1.29, 1.82) is 0 Å². The van der Waals surface area contributed by atoms with Gasteiger partial charge in [0.2, 0.25) is 0 Å². The van der Waals surface area contributed by atoms with Crippen molar-refractivity contribution >= 4 is 15.6 Å². The first-order valence-electron chi connectivity index (χ1n) is 9.36. The first kappa shape index (κ1) is 20.8. The summed E-state index contributed by atoms with van der Waals surface area (Å²) in [6, 6.07) is 7.96. The summed E-state index contributed by atoms with van der Waals surface area (Å²) in [6.07, 6.45) is -0.0916. The van der Waals surface area contributed by atoms with Crippen molar-refractivity contribution in [2.45, 2.75) is 61.1 Å². The Balaban J connectivity index is 2.20. The molecule has 0 bridgehead atoms. The topological polar surface area (TPSA) is 129 Å². The summed E-state index contributed by atoms with van der Waals surface area (Å²) in [4.78, 5) is 14.8. The Morgan fingerprint density at radius 3 is 2.64 bits per heavy atom. The predicted molar refractivity (Wildman–Crippen MR) is 102 cm³/mol. The Morgan fingerprint density at radius 1 is 1.36 bits per heavy atom. The van der Waals surface area contributed by atoms with E-state index < -0.39 is 32.4 Å². The monoisotopic (exact) mass is 407 g/mol. The molecular formula is C19H25N3O5S. The van der Waals surface area contributed by atoms with Crippen LogP contribution in [0.25, 0.3) is 10.4 Å². The van der Waals surface area contributed by atoms with Gasteiger partial charge in [-0.25, -0.2) is 8.42 Å². The van der Waals surface area contributed by atoms with Crippen LogP contribution in [0, 0.1) is 11.8 Å². The number of ether oxygens (including phenoxy) is 1. The Morgan fingerprint density at radius 2 is 2.04 bits per heavy atom. The number of carbonyl (C=O) groups is 1. The number of aliphatic hydroxyl groups is 1. The highest BCUT2D eigenvalue weighted by atomic mass is 32.2. The lowest BCUT2D eigenvalue weighted by Gasteiger charge is -2.50. The van der Waals surface area contributed by atoms with E-state index in [0.29, 0.717) is 6.42 Å². The van der Waals surface area contributed by atoms with Crippen LogP contribution in [0.4, 0.5) is 0 Å². The molecule has 4 unspecified atom stereocenters. The molecule has 28 heavy (non-hydrogen) atoms. The van der Waals surface area contributed by atoms with Gasteiger partial charge in [-0.1, -0.05) is 30.2 Å². The molecule has 9 heteroatoms. The van der Waals surface area contributed by atoms with Gasteiger partial charge in [-0.15, -0.1) is 0 Å². The normalized spacial score (nSPS) is 35.0. The van der Waals surface area contributed by atoms with Crippen molar-refractivity contribution in [3.63, 3.8) is 0 Å². The molecule has 3 rings (SSSR count). The number of azide groups is 1. The van der Waals surface area contributed by atoms with Crippen molar-refractivity contribution in [3.05, 3.63) is 40.8 Å². The minimum Gasteiger partial charge on any atom is -0.364 e. The van der Waals surface area contributed by atoms with E-state index in [2.05, 4.69) is 10.0 Å². The predicted octanol–water partition coefficient (Wildman–Crippen LogP) is 3.01. The van der Waals surface area contributed by atoms with E-state index in [4.69, 9.17) is 10.3 Å². The number of ketones is 1. The molecule has 1 N–H and O–H groups in total. The summed E-state index contributed by atoms with van der Waals surface area (Å²) in [5.41, 5.74) is 8.64. The Hall–Kier alpha value is -1.93. The molecule has 0 spiro atoms. The molecule has 5 atom stereocenters. The highest BCUT2D eigenvalue weighted by molar-refractivity contribution is 7.93. The number of rotatable bonds is 6. The summed E-state index contributed by atoms with van der Waals surface area (Å²) in [5, 5.41) is 15.1. The summed E-state index contributed by atoms with van der Waals surface area (Å²) < 4.78 is 31.9. The summed E-state index contributed by atoms with van der Waals surface area (Å²) >= 11 is 0. The van der Waals surface area contributed by atoms with E-state index in [0.717, 1.165) is 0 Å². The van der Waals surface area contributed by atoms with Crippen LogP contribution in [0.1, 0.15) is 39.5 Å². The molecule has 2 fully saturated rings. The van der Waals surface area contributed by atoms with Crippen LogP contribution in [0.2, 0.25) is 0 Å². The molecule has 1 heterocycles. The van der Waals surface area contributed by atoms with Crippen molar-refractivity contribution in [3.8, 4) is 0 Å². The molecule has 0 aromatic heterocycles. The molecule has 1 saturated carbocycles. The fraction of sp³-hybridized carbons (Fsp3) is 0.632. The van der Waals surface area contributed by atoms with E-state index in [-0.39, 0.29) is 42.4 Å². The third-order valence-corrected chi connectivity index (χ3v) is 8.61. The third-order valence-electron chi connectivity index (χ3n) is 5.94. The second kappa shape index (κ2) is 7.48. The molecule has 8 nitrogen and oxygen atoms in total. The molecule has 0 amide bonds. The summed E-state index contributed by atoms with van der Waals surface area (Å²) in [5.74, 6) is -2.70. The van der Waals surface area contributed by atoms with Crippen molar-refractivity contribution in [2.24, 2.45) is 17.0 Å². The Kier molecular flexibility index (Phi) is 5.55. The third kappa shape index (κ3) is 3.22. The van der Waals surface area contributed by atoms with Gasteiger partial charge in [-0.2, -0.15) is 0 Å². The average molecular weight is 407 g/mol. The van der Waals surface area contributed by atoms with Gasteiger partial charge < -0.3 is 14.6 Å². The van der Waals surface area contributed by atoms with E-state index in [1.165, 1.54) is 19.1 Å². The van der Waals surface area contributed by atoms with E-state index >= 15 is 0 Å². The molecule has 152 valence electrons. The van der Waals surface area contributed by atoms with Crippen LogP contribution < -0.4 is 0 Å². The zero-order chi connectivity index (χ0) is 20.6. The van der Waals surface area contributed by atoms with Crippen molar-refractivity contribution in [2.75, 3.05) is 6.54 Å². The molecule has 1 aliphatic heterocycles. The minimum absolute atomic E-state index is 0.0216. The highest BCUT2D eigenvalue weighted by Crippen LogP contribution is 2.58. The lowest BCUT2D eigenvalue weighted by atomic mass is 9.67. The van der Waals surface area contributed by atoms with Crippen LogP contribution in [0.15, 0.2) is 40.3 Å². The zero-order valence-electron chi connectivity index (χ0n) is 16.0. The Labute approximate surface area is 164 Å². The van der Waals surface area contributed by atoms with E-state index in [1.807, 2.05) is 6.92 Å². The fourth-order valence-corrected chi connectivity index (χ4v) is 7.54. The second-order valence-electron chi connectivity index (χ2n) is 8.00. The van der Waals surface area contributed by atoms with Gasteiger partial charge in [0.15, 0.2) is 15.6 Å². The first-order chi connectivity index (χ1) is 13.2. The summed E-state index contributed by atoms with van der Waals surface area (Å²) in [7, 11) is -4.06. The number of Topliss-reactive ketones (excluding diaryl/α,β-unsaturated/α-hetero) is 1. The zero-order valence-corrected chi connectivity index (χ0v) is 16.8. The molecule has 1 saturated heterocycles. The Bertz CT molecular complexity index is 899. The molecule has 1 aromatic rings. The SMILES string of the molecule is CC(=O)CC1CC(C)CC2(O)O[C@@H](CN=[N+]=[N-])CC12S(=O)(=O)c1ccccc1. The van der Waals surface area contributed by atoms with Gasteiger partial charge in [0, 0.05) is 17.8 Å². The van der Waals surface area contributed by atoms with Gasteiger partial charge in [-0.05, 0) is 49.3 Å². The number of sulfone groups is 1. The van der Waals surface area contributed by atoms with Gasteiger partial charge in [0.1, 0.15) is 10.5 Å². The van der Waals surface area contributed by atoms with Crippen LogP contribution in [-0.4, -0.2) is 42.5 Å². The summed E-state index contributed by atoms with van der Waals surface area (Å²) in [6.45, 7) is 3.26. The van der Waals surface area contributed by atoms with Crippen LogP contribution in [0.3, 0.4) is 0 Å². The van der Waals surface area contributed by atoms with Crippen LogP contribution in [-0.2, 0) is 19.4 Å². The molecule has 0 radical (unpaired) electrons.